The van der Waals surface area contributed by atoms with E-state index in [9.17, 15) is 8.42 Å². The predicted molar refractivity (Wildman–Crippen MR) is 101 cm³/mol. The molecule has 0 N–H and O–H groups in total. The van der Waals surface area contributed by atoms with Crippen LogP contribution in [0.1, 0.15) is 18.2 Å². The van der Waals surface area contributed by atoms with Crippen molar-refractivity contribution in [3.63, 3.8) is 0 Å². The van der Waals surface area contributed by atoms with E-state index in [0.717, 1.165) is 23.5 Å². The second kappa shape index (κ2) is 6.70. The quantitative estimate of drug-likeness (QED) is 0.709. The van der Waals surface area contributed by atoms with Gasteiger partial charge in [-0.3, -0.25) is 0 Å². The topological polar surface area (TPSA) is 55.2 Å². The molecule has 0 saturated carbocycles. The monoisotopic (exact) mass is 367 g/mol. The van der Waals surface area contributed by atoms with Gasteiger partial charge in [0.2, 0.25) is 10.0 Å². The van der Waals surface area contributed by atoms with Crippen molar-refractivity contribution in [1.82, 2.24) is 13.9 Å². The maximum absolute atomic E-state index is 12.9. The van der Waals surface area contributed by atoms with Crippen LogP contribution in [0.15, 0.2) is 71.8 Å². The fourth-order valence-corrected chi connectivity index (χ4v) is 5.10. The number of aryl methyl sites for hydroxylation is 1. The average molecular weight is 367 g/mol. The Morgan fingerprint density at radius 2 is 1.65 bits per heavy atom. The van der Waals surface area contributed by atoms with Gasteiger partial charge in [0.15, 0.2) is 0 Å². The number of rotatable bonds is 4. The third-order valence-corrected chi connectivity index (χ3v) is 6.77. The first kappa shape index (κ1) is 17.0. The number of benzene rings is 2. The fraction of sp³-hybridized carbons (Fsp3) is 0.250. The van der Waals surface area contributed by atoms with Crippen molar-refractivity contribution in [3.8, 4) is 11.4 Å². The van der Waals surface area contributed by atoms with Crippen molar-refractivity contribution < 1.29 is 8.42 Å². The van der Waals surface area contributed by atoms with E-state index in [1.165, 1.54) is 0 Å². The van der Waals surface area contributed by atoms with Gasteiger partial charge in [0.05, 0.1) is 10.9 Å². The Kier molecular flexibility index (Phi) is 4.38. The molecular formula is C20H21N3O2S. The number of imidazole rings is 1. The Bertz CT molecular complexity index is 998. The maximum Gasteiger partial charge on any atom is 0.243 e. The highest BCUT2D eigenvalue weighted by Crippen LogP contribution is 2.32. The Balaban J connectivity index is 1.64. The molecular weight excluding hydrogens is 346 g/mol. The first-order valence-corrected chi connectivity index (χ1v) is 10.2. The minimum atomic E-state index is -3.45. The van der Waals surface area contributed by atoms with Crippen LogP contribution < -0.4 is 0 Å². The van der Waals surface area contributed by atoms with E-state index >= 15 is 0 Å². The van der Waals surface area contributed by atoms with Crippen molar-refractivity contribution in [2.75, 3.05) is 13.1 Å². The summed E-state index contributed by atoms with van der Waals surface area (Å²) in [5.74, 6) is 0.895. The Hall–Kier alpha value is -2.44. The first-order valence-electron chi connectivity index (χ1n) is 8.72. The van der Waals surface area contributed by atoms with Crippen molar-refractivity contribution in [1.29, 1.82) is 0 Å². The summed E-state index contributed by atoms with van der Waals surface area (Å²) in [6.07, 6.45) is 2.64. The molecule has 1 aliphatic heterocycles. The highest BCUT2D eigenvalue weighted by Gasteiger charge is 2.34. The number of hydrogen-bond acceptors (Lipinski definition) is 3. The largest absolute Gasteiger partial charge is 0.324 e. The predicted octanol–water partition coefficient (Wildman–Crippen LogP) is 3.49. The molecule has 1 saturated heterocycles. The molecule has 0 aliphatic carbocycles. The molecule has 0 bridgehead atoms. The lowest BCUT2D eigenvalue weighted by molar-refractivity contribution is 0.450. The normalized spacial score (nSPS) is 18.3. The van der Waals surface area contributed by atoms with Crippen molar-refractivity contribution in [3.05, 3.63) is 72.6 Å². The second-order valence-corrected chi connectivity index (χ2v) is 8.52. The summed E-state index contributed by atoms with van der Waals surface area (Å²) < 4.78 is 29.5. The van der Waals surface area contributed by atoms with Crippen LogP contribution in [0.5, 0.6) is 0 Å². The Labute approximate surface area is 154 Å². The molecule has 1 fully saturated rings. The second-order valence-electron chi connectivity index (χ2n) is 6.58. The van der Waals surface area contributed by atoms with Gasteiger partial charge < -0.3 is 4.57 Å². The Morgan fingerprint density at radius 3 is 2.35 bits per heavy atom. The minimum Gasteiger partial charge on any atom is -0.324 e. The molecule has 134 valence electrons. The van der Waals surface area contributed by atoms with Crippen LogP contribution in [0.3, 0.4) is 0 Å². The number of aromatic nitrogens is 2. The zero-order valence-corrected chi connectivity index (χ0v) is 15.4. The summed E-state index contributed by atoms with van der Waals surface area (Å²) in [5, 5.41) is 0. The lowest BCUT2D eigenvalue weighted by Crippen LogP contribution is -2.29. The van der Waals surface area contributed by atoms with Crippen LogP contribution in [0.25, 0.3) is 11.4 Å². The van der Waals surface area contributed by atoms with E-state index in [0.29, 0.717) is 18.0 Å². The fourth-order valence-electron chi connectivity index (χ4n) is 3.59. The van der Waals surface area contributed by atoms with Crippen molar-refractivity contribution in [2.24, 2.45) is 0 Å². The highest BCUT2D eigenvalue weighted by molar-refractivity contribution is 7.89. The molecule has 0 amide bonds. The van der Waals surface area contributed by atoms with Crippen LogP contribution >= 0.6 is 0 Å². The summed E-state index contributed by atoms with van der Waals surface area (Å²) in [7, 11) is -3.45. The number of sulfonamides is 1. The van der Waals surface area contributed by atoms with Gasteiger partial charge in [-0.2, -0.15) is 4.31 Å². The summed E-state index contributed by atoms with van der Waals surface area (Å²) in [5.41, 5.74) is 2.10. The third-order valence-electron chi connectivity index (χ3n) is 4.89. The van der Waals surface area contributed by atoms with Crippen LogP contribution in [-0.2, 0) is 10.0 Å². The molecule has 5 nitrogen and oxygen atoms in total. The standard InChI is InChI=1S/C20H21N3O2S/c1-16-14-21-20(17-8-4-2-5-9-17)23(16)18-12-13-22(15-18)26(24,25)19-10-6-3-7-11-19/h2-11,14,18H,12-13,15H2,1H3. The van der Waals surface area contributed by atoms with Gasteiger partial charge in [-0.1, -0.05) is 48.5 Å². The van der Waals surface area contributed by atoms with E-state index in [-0.39, 0.29) is 6.04 Å². The summed E-state index contributed by atoms with van der Waals surface area (Å²) in [4.78, 5) is 4.92. The Morgan fingerprint density at radius 1 is 1.00 bits per heavy atom. The molecule has 4 rings (SSSR count). The van der Waals surface area contributed by atoms with Gasteiger partial charge in [-0.05, 0) is 25.5 Å². The SMILES string of the molecule is Cc1cnc(-c2ccccc2)n1C1CCN(S(=O)(=O)c2ccccc2)C1. The van der Waals surface area contributed by atoms with E-state index in [4.69, 9.17) is 0 Å². The lowest BCUT2D eigenvalue weighted by Gasteiger charge is -2.19. The molecule has 26 heavy (non-hydrogen) atoms. The van der Waals surface area contributed by atoms with Crippen molar-refractivity contribution in [2.45, 2.75) is 24.3 Å². The molecule has 2 aromatic carbocycles. The van der Waals surface area contributed by atoms with E-state index in [2.05, 4.69) is 9.55 Å². The average Bonchev–Trinajstić information content (AvgIpc) is 3.30. The van der Waals surface area contributed by atoms with Crippen molar-refractivity contribution >= 4 is 10.0 Å². The molecule has 1 unspecified atom stereocenters. The van der Waals surface area contributed by atoms with Gasteiger partial charge in [0.1, 0.15) is 5.82 Å². The highest BCUT2D eigenvalue weighted by atomic mass is 32.2. The third kappa shape index (κ3) is 2.95. The summed E-state index contributed by atoms with van der Waals surface area (Å²) in [6, 6.07) is 18.8. The van der Waals surface area contributed by atoms with Gasteiger partial charge in [-0.15, -0.1) is 0 Å². The maximum atomic E-state index is 12.9. The van der Waals surface area contributed by atoms with Crippen LogP contribution in [0.2, 0.25) is 0 Å². The van der Waals surface area contributed by atoms with Crippen LogP contribution in [-0.4, -0.2) is 35.4 Å². The van der Waals surface area contributed by atoms with Gasteiger partial charge >= 0.3 is 0 Å². The minimum absolute atomic E-state index is 0.0891. The van der Waals surface area contributed by atoms with E-state index < -0.39 is 10.0 Å². The summed E-state index contributed by atoms with van der Waals surface area (Å²) >= 11 is 0. The molecule has 1 aromatic heterocycles. The molecule has 0 radical (unpaired) electrons. The molecule has 1 atom stereocenters. The van der Waals surface area contributed by atoms with Gasteiger partial charge in [0, 0.05) is 30.5 Å². The molecule has 6 heteroatoms. The number of nitrogens with zero attached hydrogens (tertiary/aromatic N) is 3. The zero-order chi connectivity index (χ0) is 18.1. The lowest BCUT2D eigenvalue weighted by atomic mass is 10.2. The number of hydrogen-bond donors (Lipinski definition) is 0. The van der Waals surface area contributed by atoms with E-state index in [1.807, 2.05) is 49.5 Å². The molecule has 3 aromatic rings. The van der Waals surface area contributed by atoms with Crippen LogP contribution in [0.4, 0.5) is 0 Å². The van der Waals surface area contributed by atoms with Crippen LogP contribution in [0, 0.1) is 6.92 Å². The molecule has 2 heterocycles. The summed E-state index contributed by atoms with van der Waals surface area (Å²) in [6.45, 7) is 3.01. The smallest absolute Gasteiger partial charge is 0.243 e. The van der Waals surface area contributed by atoms with Gasteiger partial charge in [0.25, 0.3) is 0 Å². The van der Waals surface area contributed by atoms with E-state index in [1.54, 1.807) is 28.6 Å². The first-order chi connectivity index (χ1) is 12.6. The zero-order valence-electron chi connectivity index (χ0n) is 14.6. The molecule has 0 spiro atoms. The molecule has 1 aliphatic rings. The van der Waals surface area contributed by atoms with Gasteiger partial charge in [-0.25, -0.2) is 13.4 Å².